The van der Waals surface area contributed by atoms with Crippen LogP contribution in [0.3, 0.4) is 0 Å². The Bertz CT molecular complexity index is 1070. The molecule has 30 heavy (non-hydrogen) atoms. The minimum absolute atomic E-state index is 0.276. The van der Waals surface area contributed by atoms with Gasteiger partial charge in [0.05, 0.1) is 5.69 Å². The van der Waals surface area contributed by atoms with Gasteiger partial charge in [0.25, 0.3) is 5.91 Å². The first-order chi connectivity index (χ1) is 14.3. The molecule has 0 aliphatic carbocycles. The third kappa shape index (κ3) is 3.83. The molecule has 158 valence electrons. The number of halogens is 2. The third-order valence-electron chi connectivity index (χ3n) is 6.09. The minimum atomic E-state index is -2.92. The van der Waals surface area contributed by atoms with Gasteiger partial charge in [0, 0.05) is 41.4 Å². The highest BCUT2D eigenvalue weighted by molar-refractivity contribution is 5.92. The summed E-state index contributed by atoms with van der Waals surface area (Å²) in [6.45, 7) is 7.15. The summed E-state index contributed by atoms with van der Waals surface area (Å²) in [4.78, 5) is 20.8. The highest BCUT2D eigenvalue weighted by Crippen LogP contribution is 2.38. The van der Waals surface area contributed by atoms with Crippen LogP contribution in [0.25, 0.3) is 22.2 Å². The van der Waals surface area contributed by atoms with E-state index in [1.54, 1.807) is 0 Å². The molecular formula is C24H27F2N3O. The van der Waals surface area contributed by atoms with Crippen molar-refractivity contribution in [2.24, 2.45) is 0 Å². The average molecular weight is 411 g/mol. The van der Waals surface area contributed by atoms with Crippen LogP contribution in [0, 0.1) is 6.92 Å². The second-order valence-corrected chi connectivity index (χ2v) is 8.46. The van der Waals surface area contributed by atoms with E-state index in [2.05, 4.69) is 48.1 Å². The first kappa shape index (κ1) is 20.5. The summed E-state index contributed by atoms with van der Waals surface area (Å²) < 4.78 is 25.4. The van der Waals surface area contributed by atoms with E-state index in [1.165, 1.54) is 21.4 Å². The Kier molecular flexibility index (Phi) is 5.58. The number of nitrogens with zero attached hydrogens (tertiary/aromatic N) is 2. The molecule has 1 aliphatic rings. The second-order valence-electron chi connectivity index (χ2n) is 8.46. The molecule has 1 aliphatic heterocycles. The number of benzene rings is 1. The molecule has 1 fully saturated rings. The number of amides is 1. The van der Waals surface area contributed by atoms with Gasteiger partial charge in [0.15, 0.2) is 0 Å². The van der Waals surface area contributed by atoms with Crippen LogP contribution in [0.5, 0.6) is 0 Å². The number of likely N-dealkylation sites (tertiary alicyclic amines) is 1. The van der Waals surface area contributed by atoms with Crippen molar-refractivity contribution in [3.8, 4) is 11.3 Å². The third-order valence-corrected chi connectivity index (χ3v) is 6.09. The number of aryl methyl sites for hydroxylation is 1. The van der Waals surface area contributed by atoms with Gasteiger partial charge in [-0.25, -0.2) is 0 Å². The zero-order chi connectivity index (χ0) is 21.4. The molecule has 3 heterocycles. The number of carbonyl (C=O) groups excluding carboxylic acids is 1. The van der Waals surface area contributed by atoms with Crippen molar-refractivity contribution in [1.82, 2.24) is 14.9 Å². The molecule has 0 saturated carbocycles. The van der Waals surface area contributed by atoms with Crippen LogP contribution in [0.1, 0.15) is 55.3 Å². The van der Waals surface area contributed by atoms with E-state index in [-0.39, 0.29) is 5.92 Å². The van der Waals surface area contributed by atoms with Crippen LogP contribution in [0.15, 0.2) is 36.5 Å². The fourth-order valence-corrected chi connectivity index (χ4v) is 4.58. The lowest BCUT2D eigenvalue weighted by atomic mass is 9.87. The number of aromatic nitrogens is 2. The Morgan fingerprint density at radius 1 is 1.17 bits per heavy atom. The molecule has 3 aromatic rings. The van der Waals surface area contributed by atoms with Gasteiger partial charge in [0.2, 0.25) is 0 Å². The van der Waals surface area contributed by atoms with Crippen LogP contribution in [0.2, 0.25) is 0 Å². The lowest BCUT2D eigenvalue weighted by Gasteiger charge is -2.32. The predicted molar refractivity (Wildman–Crippen MR) is 115 cm³/mol. The maximum atomic E-state index is 12.7. The maximum absolute atomic E-state index is 12.7. The topological polar surface area (TPSA) is 49.0 Å². The first-order valence-corrected chi connectivity index (χ1v) is 10.5. The number of pyridine rings is 1. The summed E-state index contributed by atoms with van der Waals surface area (Å²) in [5.74, 6) is -0.436. The van der Waals surface area contributed by atoms with Crippen LogP contribution in [-0.4, -0.2) is 40.3 Å². The van der Waals surface area contributed by atoms with E-state index in [1.807, 2.05) is 19.2 Å². The fourth-order valence-electron chi connectivity index (χ4n) is 4.58. The van der Waals surface area contributed by atoms with Crippen molar-refractivity contribution in [2.75, 3.05) is 13.1 Å². The van der Waals surface area contributed by atoms with E-state index in [9.17, 15) is 13.6 Å². The van der Waals surface area contributed by atoms with E-state index in [4.69, 9.17) is 0 Å². The van der Waals surface area contributed by atoms with E-state index < -0.39 is 12.3 Å². The van der Waals surface area contributed by atoms with E-state index in [0.717, 1.165) is 22.5 Å². The second kappa shape index (κ2) is 8.17. The molecule has 1 amide bonds. The van der Waals surface area contributed by atoms with Gasteiger partial charge in [0.1, 0.15) is 0 Å². The molecule has 1 aromatic carbocycles. The average Bonchev–Trinajstić information content (AvgIpc) is 3.12. The van der Waals surface area contributed by atoms with Crippen molar-refractivity contribution in [3.05, 3.63) is 53.3 Å². The summed E-state index contributed by atoms with van der Waals surface area (Å²) in [5.41, 5.74) is 6.82. The van der Waals surface area contributed by atoms with Gasteiger partial charge < -0.3 is 9.88 Å². The summed E-state index contributed by atoms with van der Waals surface area (Å²) >= 11 is 0. The van der Waals surface area contributed by atoms with Crippen molar-refractivity contribution in [3.63, 3.8) is 0 Å². The highest BCUT2D eigenvalue weighted by Gasteiger charge is 2.29. The van der Waals surface area contributed by atoms with Crippen LogP contribution in [-0.2, 0) is 4.79 Å². The molecule has 0 spiro atoms. The number of hydrogen-bond acceptors (Lipinski definition) is 2. The number of H-pyrrole nitrogens is 1. The number of piperidine rings is 1. The van der Waals surface area contributed by atoms with Crippen molar-refractivity contribution >= 4 is 16.8 Å². The molecule has 2 aromatic heterocycles. The van der Waals surface area contributed by atoms with Gasteiger partial charge in [-0.1, -0.05) is 19.9 Å². The molecule has 1 saturated heterocycles. The molecule has 4 rings (SSSR count). The molecule has 0 unspecified atom stereocenters. The molecule has 4 nitrogen and oxygen atoms in total. The Hall–Kier alpha value is -2.76. The zero-order valence-corrected chi connectivity index (χ0v) is 17.6. The van der Waals surface area contributed by atoms with Gasteiger partial charge >= 0.3 is 6.43 Å². The minimum Gasteiger partial charge on any atom is -0.354 e. The van der Waals surface area contributed by atoms with Gasteiger partial charge in [-0.15, -0.1) is 0 Å². The Labute approximate surface area is 175 Å². The SMILES string of the molecule is Cc1cc(-c2[nH]c3ccc(C4CCN(C(=O)C(F)F)CC4)cc3c2C(C)C)ccn1. The summed E-state index contributed by atoms with van der Waals surface area (Å²) in [6.07, 6.45) is 0.339. The maximum Gasteiger partial charge on any atom is 0.315 e. The quantitative estimate of drug-likeness (QED) is 0.605. The number of hydrogen-bond donors (Lipinski definition) is 1. The number of rotatable bonds is 4. The van der Waals surface area contributed by atoms with Gasteiger partial charge in [-0.3, -0.25) is 9.78 Å². The number of alkyl halides is 2. The van der Waals surface area contributed by atoms with Crippen LogP contribution < -0.4 is 0 Å². The van der Waals surface area contributed by atoms with Crippen molar-refractivity contribution in [2.45, 2.75) is 51.9 Å². The number of aromatic amines is 1. The van der Waals surface area contributed by atoms with E-state index >= 15 is 0 Å². The number of nitrogens with one attached hydrogen (secondary N) is 1. The highest BCUT2D eigenvalue weighted by atomic mass is 19.3. The molecule has 1 N–H and O–H groups in total. The molecule has 0 radical (unpaired) electrons. The predicted octanol–water partition coefficient (Wildman–Crippen LogP) is 5.63. The van der Waals surface area contributed by atoms with Crippen molar-refractivity contribution < 1.29 is 13.6 Å². The first-order valence-electron chi connectivity index (χ1n) is 10.5. The summed E-state index contributed by atoms with van der Waals surface area (Å²) in [5, 5.41) is 1.21. The smallest absolute Gasteiger partial charge is 0.315 e. The molecule has 0 atom stereocenters. The van der Waals surface area contributed by atoms with E-state index in [0.29, 0.717) is 31.8 Å². The lowest BCUT2D eigenvalue weighted by Crippen LogP contribution is -2.41. The largest absolute Gasteiger partial charge is 0.354 e. The number of carbonyl (C=O) groups is 1. The standard InChI is InChI=1S/C24H27F2N3O/c1-14(2)21-19-13-17(16-7-10-29(11-8-16)24(30)23(25)26)4-5-20(19)28-22(21)18-6-9-27-15(3)12-18/h4-6,9,12-14,16,23,28H,7-8,10-11H2,1-3H3. The van der Waals surface area contributed by atoms with Crippen molar-refractivity contribution in [1.29, 1.82) is 0 Å². The molecular weight excluding hydrogens is 384 g/mol. The fraction of sp³-hybridized carbons (Fsp3) is 0.417. The molecule has 6 heteroatoms. The van der Waals surface area contributed by atoms with Crippen LogP contribution in [0.4, 0.5) is 8.78 Å². The number of fused-ring (bicyclic) bond motifs is 1. The van der Waals surface area contributed by atoms with Crippen LogP contribution >= 0.6 is 0 Å². The Morgan fingerprint density at radius 3 is 2.53 bits per heavy atom. The lowest BCUT2D eigenvalue weighted by molar-refractivity contribution is -0.143. The van der Waals surface area contributed by atoms with Gasteiger partial charge in [-0.2, -0.15) is 8.78 Å². The monoisotopic (exact) mass is 411 g/mol. The Balaban J connectivity index is 1.66. The molecule has 0 bridgehead atoms. The normalized spacial score (nSPS) is 15.5. The van der Waals surface area contributed by atoms with Gasteiger partial charge in [-0.05, 0) is 67.0 Å². The summed E-state index contributed by atoms with van der Waals surface area (Å²) in [6, 6.07) is 10.6. The zero-order valence-electron chi connectivity index (χ0n) is 17.6. The summed E-state index contributed by atoms with van der Waals surface area (Å²) in [7, 11) is 0. The Morgan fingerprint density at radius 2 is 1.90 bits per heavy atom.